The van der Waals surface area contributed by atoms with Crippen molar-refractivity contribution in [3.8, 4) is 0 Å². The Balaban J connectivity index is 1.52. The molecule has 7 heteroatoms. The number of carbonyl (C=O) groups is 2. The van der Waals surface area contributed by atoms with Gasteiger partial charge in [-0.3, -0.25) is 14.9 Å². The van der Waals surface area contributed by atoms with Gasteiger partial charge in [-0.1, -0.05) is 32.0 Å². The molecule has 0 saturated carbocycles. The molecule has 0 atom stereocenters. The van der Waals surface area contributed by atoms with Gasteiger partial charge in [-0.2, -0.15) is 0 Å². The van der Waals surface area contributed by atoms with E-state index in [1.165, 1.54) is 17.4 Å². The van der Waals surface area contributed by atoms with Crippen LogP contribution >= 0.6 is 11.3 Å². The molecule has 5 nitrogen and oxygen atoms in total. The van der Waals surface area contributed by atoms with Crippen LogP contribution in [0.25, 0.3) is 0 Å². The van der Waals surface area contributed by atoms with Crippen LogP contribution in [-0.4, -0.2) is 16.7 Å². The van der Waals surface area contributed by atoms with Crippen LogP contribution in [0.4, 0.5) is 9.52 Å². The molecule has 0 fully saturated rings. The lowest BCUT2D eigenvalue weighted by Gasteiger charge is -2.27. The lowest BCUT2D eigenvalue weighted by atomic mass is 9.76. The summed E-state index contributed by atoms with van der Waals surface area (Å²) in [6.07, 6.45) is 3.08. The molecule has 4 rings (SSSR count). The second-order valence-corrected chi connectivity index (χ2v) is 9.26. The zero-order valence-corrected chi connectivity index (χ0v) is 17.3. The van der Waals surface area contributed by atoms with Gasteiger partial charge in [-0.25, -0.2) is 9.37 Å². The number of anilines is 1. The molecule has 0 aliphatic heterocycles. The first-order chi connectivity index (χ1) is 13.7. The first kappa shape index (κ1) is 19.5. The topological polar surface area (TPSA) is 72.2 Å². The van der Waals surface area contributed by atoms with Gasteiger partial charge in [0.15, 0.2) is 16.7 Å². The maximum absolute atomic E-state index is 13.8. The number of aromatic nitrogens is 1. The number of Topliss-reactive ketones (excluding diaryl/α,β-unsaturated/α-hetero) is 1. The summed E-state index contributed by atoms with van der Waals surface area (Å²) in [6, 6.07) is 6.58. The zero-order chi connectivity index (χ0) is 20.8. The van der Waals surface area contributed by atoms with Gasteiger partial charge in [0.2, 0.25) is 0 Å². The van der Waals surface area contributed by atoms with Crippen molar-refractivity contribution in [2.75, 3.05) is 5.32 Å². The zero-order valence-electron chi connectivity index (χ0n) is 16.5. The predicted molar refractivity (Wildman–Crippen MR) is 109 cm³/mol. The van der Waals surface area contributed by atoms with E-state index in [1.54, 1.807) is 31.3 Å². The molecule has 1 aliphatic carbocycles. The standard InChI is InChI=1S/C22H21FN2O3S/c1-12-18-16(26)9-22(2,3)10-17(18)28-19(12)20(27)25-21-24-11-14(29-21)8-13-6-4-5-7-15(13)23/h4-7,11H,8-10H2,1-3H3,(H,24,25,27). The Morgan fingerprint density at radius 2 is 2.07 bits per heavy atom. The molecular weight excluding hydrogens is 391 g/mol. The van der Waals surface area contributed by atoms with Gasteiger partial charge in [0, 0.05) is 35.9 Å². The second-order valence-electron chi connectivity index (χ2n) is 8.15. The number of hydrogen-bond acceptors (Lipinski definition) is 5. The van der Waals surface area contributed by atoms with E-state index in [-0.39, 0.29) is 22.8 Å². The second kappa shape index (κ2) is 7.22. The van der Waals surface area contributed by atoms with E-state index in [0.29, 0.717) is 46.8 Å². The average molecular weight is 412 g/mol. The highest BCUT2D eigenvalue weighted by Gasteiger charge is 2.37. The third-order valence-corrected chi connectivity index (χ3v) is 5.99. The Morgan fingerprint density at radius 1 is 1.31 bits per heavy atom. The van der Waals surface area contributed by atoms with Gasteiger partial charge < -0.3 is 4.42 Å². The number of nitrogens with one attached hydrogen (secondary N) is 1. The van der Waals surface area contributed by atoms with Gasteiger partial charge >= 0.3 is 0 Å². The third kappa shape index (κ3) is 3.87. The fourth-order valence-corrected chi connectivity index (χ4v) is 4.56. The van der Waals surface area contributed by atoms with Crippen LogP contribution in [0.2, 0.25) is 0 Å². The number of halogens is 1. The van der Waals surface area contributed by atoms with Gasteiger partial charge in [-0.15, -0.1) is 11.3 Å². The van der Waals surface area contributed by atoms with Crippen molar-refractivity contribution in [2.45, 2.75) is 40.0 Å². The molecule has 1 aromatic carbocycles. The molecule has 2 aromatic heterocycles. The van der Waals surface area contributed by atoms with Crippen molar-refractivity contribution < 1.29 is 18.4 Å². The highest BCUT2D eigenvalue weighted by atomic mass is 32.1. The molecule has 29 heavy (non-hydrogen) atoms. The Bertz CT molecular complexity index is 1110. The van der Waals surface area contributed by atoms with Crippen molar-refractivity contribution in [3.05, 3.63) is 69.4 Å². The summed E-state index contributed by atoms with van der Waals surface area (Å²) in [4.78, 5) is 30.3. The fraction of sp³-hybridized carbons (Fsp3) is 0.318. The van der Waals surface area contributed by atoms with E-state index in [9.17, 15) is 14.0 Å². The van der Waals surface area contributed by atoms with E-state index >= 15 is 0 Å². The number of thiazole rings is 1. The maximum atomic E-state index is 13.8. The number of benzene rings is 1. The molecule has 0 bridgehead atoms. The minimum absolute atomic E-state index is 0.0120. The van der Waals surface area contributed by atoms with Crippen LogP contribution in [0.15, 0.2) is 34.9 Å². The van der Waals surface area contributed by atoms with Gasteiger partial charge in [0.25, 0.3) is 5.91 Å². The molecule has 0 spiro atoms. The van der Waals surface area contributed by atoms with Gasteiger partial charge in [-0.05, 0) is 24.0 Å². The number of fused-ring (bicyclic) bond motifs is 1. The average Bonchev–Trinajstić information content (AvgIpc) is 3.20. The van der Waals surface area contributed by atoms with Crippen molar-refractivity contribution in [2.24, 2.45) is 5.41 Å². The smallest absolute Gasteiger partial charge is 0.293 e. The van der Waals surface area contributed by atoms with E-state index in [2.05, 4.69) is 10.3 Å². The SMILES string of the molecule is Cc1c(C(=O)Nc2ncc(Cc3ccccc3F)s2)oc2c1C(=O)CC(C)(C)C2. The monoisotopic (exact) mass is 412 g/mol. The van der Waals surface area contributed by atoms with E-state index < -0.39 is 5.91 Å². The number of nitrogens with zero attached hydrogens (tertiary/aromatic N) is 1. The molecule has 1 N–H and O–H groups in total. The Labute approximate surface area is 172 Å². The first-order valence-electron chi connectivity index (χ1n) is 9.38. The summed E-state index contributed by atoms with van der Waals surface area (Å²) in [5, 5.41) is 3.14. The first-order valence-corrected chi connectivity index (χ1v) is 10.2. The lowest BCUT2D eigenvalue weighted by Crippen LogP contribution is -2.26. The van der Waals surface area contributed by atoms with Crippen LogP contribution in [0.1, 0.15) is 62.9 Å². The Kier molecular flexibility index (Phi) is 4.86. The number of furan rings is 1. The highest BCUT2D eigenvalue weighted by Crippen LogP contribution is 2.38. The molecule has 3 aromatic rings. The minimum Gasteiger partial charge on any atom is -0.455 e. The van der Waals surface area contributed by atoms with Crippen LogP contribution in [0, 0.1) is 18.2 Å². The van der Waals surface area contributed by atoms with Crippen LogP contribution in [0.3, 0.4) is 0 Å². The van der Waals surface area contributed by atoms with Crippen molar-refractivity contribution in [3.63, 3.8) is 0 Å². The molecule has 2 heterocycles. The number of carbonyl (C=O) groups excluding carboxylic acids is 2. The van der Waals surface area contributed by atoms with Gasteiger partial charge in [0.1, 0.15) is 11.6 Å². The third-order valence-electron chi connectivity index (χ3n) is 5.08. The van der Waals surface area contributed by atoms with Crippen LogP contribution < -0.4 is 5.32 Å². The quantitative estimate of drug-likeness (QED) is 0.641. The van der Waals surface area contributed by atoms with Crippen LogP contribution in [0.5, 0.6) is 0 Å². The number of ketones is 1. The normalized spacial score (nSPS) is 15.2. The summed E-state index contributed by atoms with van der Waals surface area (Å²) in [7, 11) is 0. The maximum Gasteiger partial charge on any atom is 0.293 e. The van der Waals surface area contributed by atoms with Gasteiger partial charge in [0.05, 0.1) is 5.56 Å². The molecule has 150 valence electrons. The Morgan fingerprint density at radius 3 is 2.83 bits per heavy atom. The predicted octanol–water partition coefficient (Wildman–Crippen LogP) is 5.18. The van der Waals surface area contributed by atoms with Crippen LogP contribution in [-0.2, 0) is 12.8 Å². The number of hydrogen-bond donors (Lipinski definition) is 1. The van der Waals surface area contributed by atoms with Crippen molar-refractivity contribution >= 4 is 28.2 Å². The molecule has 0 saturated heterocycles. The number of amides is 1. The summed E-state index contributed by atoms with van der Waals surface area (Å²) in [5.41, 5.74) is 1.50. The fourth-order valence-electron chi connectivity index (χ4n) is 3.73. The van der Waals surface area contributed by atoms with Crippen molar-refractivity contribution in [1.29, 1.82) is 0 Å². The lowest BCUT2D eigenvalue weighted by molar-refractivity contribution is 0.0898. The van der Waals surface area contributed by atoms with E-state index in [0.717, 1.165) is 4.88 Å². The van der Waals surface area contributed by atoms with E-state index in [4.69, 9.17) is 4.42 Å². The molecule has 0 radical (unpaired) electrons. The molecular formula is C22H21FN2O3S. The van der Waals surface area contributed by atoms with E-state index in [1.807, 2.05) is 13.8 Å². The summed E-state index contributed by atoms with van der Waals surface area (Å²) in [6.45, 7) is 5.76. The Hall–Kier alpha value is -2.80. The largest absolute Gasteiger partial charge is 0.455 e. The van der Waals surface area contributed by atoms with Crippen molar-refractivity contribution in [1.82, 2.24) is 4.98 Å². The summed E-state index contributed by atoms with van der Waals surface area (Å²) in [5.74, 6) is 0.0309. The summed E-state index contributed by atoms with van der Waals surface area (Å²) < 4.78 is 19.6. The molecule has 1 amide bonds. The molecule has 0 unspecified atom stereocenters. The minimum atomic E-state index is -0.436. The number of rotatable bonds is 4. The molecule has 1 aliphatic rings. The highest BCUT2D eigenvalue weighted by molar-refractivity contribution is 7.15. The summed E-state index contributed by atoms with van der Waals surface area (Å²) >= 11 is 1.28.